The van der Waals surface area contributed by atoms with Crippen LogP contribution < -0.4 is 10.2 Å². The molecule has 6 nitrogen and oxygen atoms in total. The van der Waals surface area contributed by atoms with Gasteiger partial charge in [0.15, 0.2) is 5.78 Å². The van der Waals surface area contributed by atoms with Gasteiger partial charge in [-0.15, -0.1) is 0 Å². The second-order valence-corrected chi connectivity index (χ2v) is 9.44. The number of aryl methyl sites for hydroxylation is 1. The summed E-state index contributed by atoms with van der Waals surface area (Å²) >= 11 is 0. The van der Waals surface area contributed by atoms with Crippen molar-refractivity contribution in [2.75, 3.05) is 10.2 Å². The number of carboxylic acid groups (broad SMARTS) is 1. The van der Waals surface area contributed by atoms with E-state index >= 15 is 0 Å². The third-order valence-electron chi connectivity index (χ3n) is 6.97. The van der Waals surface area contributed by atoms with Gasteiger partial charge in [-0.3, -0.25) is 19.3 Å². The minimum absolute atomic E-state index is 0.00739. The van der Waals surface area contributed by atoms with Crippen molar-refractivity contribution in [2.24, 2.45) is 0 Å². The highest BCUT2D eigenvalue weighted by Gasteiger charge is 2.41. The van der Waals surface area contributed by atoms with E-state index in [1.807, 2.05) is 85.8 Å². The Hall–Kier alpha value is -4.19. The zero-order valence-corrected chi connectivity index (χ0v) is 20.1. The first-order valence-corrected chi connectivity index (χ1v) is 12.2. The maximum absolute atomic E-state index is 13.9. The summed E-state index contributed by atoms with van der Waals surface area (Å²) in [5.74, 6) is -1.34. The van der Waals surface area contributed by atoms with Gasteiger partial charge in [-0.05, 0) is 42.5 Å². The zero-order chi connectivity index (χ0) is 25.2. The normalized spacial score (nSPS) is 19.1. The van der Waals surface area contributed by atoms with E-state index in [9.17, 15) is 19.5 Å². The number of Topliss-reactive ketones (excluding diaryl/α,β-unsaturated/α-hetero) is 1. The Bertz CT molecular complexity index is 1340. The molecule has 3 aromatic rings. The maximum Gasteiger partial charge on any atom is 0.303 e. The quantitative estimate of drug-likeness (QED) is 0.485. The van der Waals surface area contributed by atoms with E-state index < -0.39 is 12.0 Å². The number of amides is 1. The van der Waals surface area contributed by atoms with Crippen molar-refractivity contribution in [2.45, 2.75) is 44.6 Å². The second-order valence-electron chi connectivity index (χ2n) is 9.44. The fraction of sp³-hybridized carbons (Fsp3) is 0.233. The van der Waals surface area contributed by atoms with Crippen molar-refractivity contribution in [1.29, 1.82) is 0 Å². The number of hydrogen-bond donors (Lipinski definition) is 2. The summed E-state index contributed by atoms with van der Waals surface area (Å²) < 4.78 is 0. The molecule has 0 saturated heterocycles. The smallest absolute Gasteiger partial charge is 0.303 e. The Morgan fingerprint density at radius 2 is 1.58 bits per heavy atom. The van der Waals surface area contributed by atoms with Gasteiger partial charge in [0.2, 0.25) is 5.91 Å². The van der Waals surface area contributed by atoms with Crippen LogP contribution >= 0.6 is 0 Å². The number of para-hydroxylation sites is 2. The van der Waals surface area contributed by atoms with Crippen molar-refractivity contribution < 1.29 is 19.5 Å². The number of anilines is 2. The number of aliphatic carboxylic acids is 1. The summed E-state index contributed by atoms with van der Waals surface area (Å²) in [5.41, 5.74) is 5.75. The van der Waals surface area contributed by atoms with Crippen LogP contribution in [-0.2, 0) is 14.4 Å². The third kappa shape index (κ3) is 4.54. The third-order valence-corrected chi connectivity index (χ3v) is 6.97. The number of nitrogens with zero attached hydrogens (tertiary/aromatic N) is 1. The van der Waals surface area contributed by atoms with E-state index in [1.54, 1.807) is 4.90 Å². The lowest BCUT2D eigenvalue weighted by molar-refractivity contribution is -0.138. The number of ketones is 1. The lowest BCUT2D eigenvalue weighted by Gasteiger charge is -2.35. The molecule has 0 bridgehead atoms. The molecule has 0 aromatic heterocycles. The first-order valence-electron chi connectivity index (χ1n) is 12.2. The molecule has 0 spiro atoms. The Kier molecular flexibility index (Phi) is 6.42. The van der Waals surface area contributed by atoms with Gasteiger partial charge in [0, 0.05) is 24.1 Å². The van der Waals surface area contributed by atoms with Gasteiger partial charge >= 0.3 is 5.97 Å². The molecule has 2 aliphatic rings. The van der Waals surface area contributed by atoms with Crippen molar-refractivity contribution in [3.8, 4) is 0 Å². The van der Waals surface area contributed by atoms with Crippen LogP contribution in [0.25, 0.3) is 0 Å². The van der Waals surface area contributed by atoms with Crippen LogP contribution in [0, 0.1) is 6.92 Å². The summed E-state index contributed by atoms with van der Waals surface area (Å²) in [6, 6.07) is 24.7. The highest BCUT2D eigenvalue weighted by Crippen LogP contribution is 2.47. The molecule has 1 aliphatic carbocycles. The van der Waals surface area contributed by atoms with E-state index in [0.29, 0.717) is 24.1 Å². The summed E-state index contributed by atoms with van der Waals surface area (Å²) in [5, 5.41) is 12.7. The molecule has 1 amide bonds. The van der Waals surface area contributed by atoms with Gasteiger partial charge in [-0.1, -0.05) is 72.3 Å². The van der Waals surface area contributed by atoms with Gasteiger partial charge in [-0.25, -0.2) is 0 Å². The molecule has 36 heavy (non-hydrogen) atoms. The average molecular weight is 481 g/mol. The molecule has 2 atom stereocenters. The van der Waals surface area contributed by atoms with E-state index in [2.05, 4.69) is 5.32 Å². The Labute approximate surface area is 210 Å². The number of benzene rings is 3. The summed E-state index contributed by atoms with van der Waals surface area (Å²) in [6.07, 6.45) is 0.552. The van der Waals surface area contributed by atoms with Gasteiger partial charge in [0.1, 0.15) is 0 Å². The minimum Gasteiger partial charge on any atom is -0.481 e. The monoisotopic (exact) mass is 480 g/mol. The molecular formula is C30H28N2O4. The molecule has 182 valence electrons. The molecule has 0 fully saturated rings. The molecule has 1 aliphatic heterocycles. The molecule has 0 saturated carbocycles. The Balaban J connectivity index is 1.68. The molecule has 2 N–H and O–H groups in total. The lowest BCUT2D eigenvalue weighted by atomic mass is 9.78. The van der Waals surface area contributed by atoms with E-state index in [0.717, 1.165) is 28.1 Å². The predicted molar refractivity (Wildman–Crippen MR) is 139 cm³/mol. The van der Waals surface area contributed by atoms with E-state index in [-0.39, 0.29) is 30.4 Å². The molecular weight excluding hydrogens is 452 g/mol. The SMILES string of the molecule is Cc1ccc(C2C3=C(CC(c4ccccc4)CC3=O)Nc3ccccc3N2C(=O)CCC(=O)O)cc1. The van der Waals surface area contributed by atoms with Crippen molar-refractivity contribution in [1.82, 2.24) is 0 Å². The number of hydrogen-bond acceptors (Lipinski definition) is 4. The van der Waals surface area contributed by atoms with Crippen LogP contribution in [0.3, 0.4) is 0 Å². The molecule has 2 unspecified atom stereocenters. The number of carbonyl (C=O) groups is 3. The fourth-order valence-corrected chi connectivity index (χ4v) is 5.22. The molecule has 6 heteroatoms. The van der Waals surface area contributed by atoms with Crippen LogP contribution in [-0.4, -0.2) is 22.8 Å². The van der Waals surface area contributed by atoms with Crippen LogP contribution in [0.5, 0.6) is 0 Å². The second kappa shape index (κ2) is 9.82. The van der Waals surface area contributed by atoms with Gasteiger partial charge in [0.25, 0.3) is 0 Å². The average Bonchev–Trinajstić information content (AvgIpc) is 3.03. The first kappa shape index (κ1) is 23.5. The van der Waals surface area contributed by atoms with Crippen molar-refractivity contribution in [3.05, 3.63) is 107 Å². The van der Waals surface area contributed by atoms with E-state index in [1.165, 1.54) is 0 Å². The highest BCUT2D eigenvalue weighted by molar-refractivity contribution is 6.06. The Morgan fingerprint density at radius 1 is 0.889 bits per heavy atom. The number of nitrogens with one attached hydrogen (secondary N) is 1. The number of carboxylic acids is 1. The number of rotatable bonds is 5. The molecule has 1 heterocycles. The van der Waals surface area contributed by atoms with Crippen LogP contribution in [0.4, 0.5) is 11.4 Å². The first-order chi connectivity index (χ1) is 17.4. The van der Waals surface area contributed by atoms with Crippen LogP contribution in [0.1, 0.15) is 54.3 Å². The van der Waals surface area contributed by atoms with E-state index in [4.69, 9.17) is 0 Å². The molecule has 5 rings (SSSR count). The standard InChI is InChI=1S/C30H28N2O4/c1-19-11-13-21(14-12-19)30-29-24(17-22(18-26(29)33)20-7-3-2-4-8-20)31-23-9-5-6-10-25(23)32(30)27(34)15-16-28(35)36/h2-14,22,30-31H,15-18H2,1H3,(H,35,36). The topological polar surface area (TPSA) is 86.7 Å². The molecule has 0 radical (unpaired) electrons. The minimum atomic E-state index is -1.03. The largest absolute Gasteiger partial charge is 0.481 e. The summed E-state index contributed by atoms with van der Waals surface area (Å²) in [7, 11) is 0. The Morgan fingerprint density at radius 3 is 2.31 bits per heavy atom. The van der Waals surface area contributed by atoms with Gasteiger partial charge < -0.3 is 10.4 Å². The van der Waals surface area contributed by atoms with Gasteiger partial charge in [-0.2, -0.15) is 0 Å². The summed E-state index contributed by atoms with van der Waals surface area (Å²) in [4.78, 5) is 40.4. The highest BCUT2D eigenvalue weighted by atomic mass is 16.4. The maximum atomic E-state index is 13.9. The zero-order valence-electron chi connectivity index (χ0n) is 20.1. The van der Waals surface area contributed by atoms with Crippen LogP contribution in [0.2, 0.25) is 0 Å². The number of carbonyl (C=O) groups excluding carboxylic acids is 2. The van der Waals surface area contributed by atoms with Crippen molar-refractivity contribution in [3.63, 3.8) is 0 Å². The molecule has 3 aromatic carbocycles. The number of allylic oxidation sites excluding steroid dienone is 1. The summed E-state index contributed by atoms with van der Waals surface area (Å²) in [6.45, 7) is 1.99. The van der Waals surface area contributed by atoms with Crippen molar-refractivity contribution >= 4 is 29.0 Å². The number of fused-ring (bicyclic) bond motifs is 1. The fourth-order valence-electron chi connectivity index (χ4n) is 5.22. The lowest BCUT2D eigenvalue weighted by Crippen LogP contribution is -2.38. The predicted octanol–water partition coefficient (Wildman–Crippen LogP) is 5.76. The van der Waals surface area contributed by atoms with Gasteiger partial charge in [0.05, 0.1) is 23.8 Å². The van der Waals surface area contributed by atoms with Crippen LogP contribution in [0.15, 0.2) is 90.1 Å².